The summed E-state index contributed by atoms with van der Waals surface area (Å²) in [5.41, 5.74) is 1.01. The van der Waals surface area contributed by atoms with Gasteiger partial charge in [-0.2, -0.15) is 0 Å². The number of amidine groups is 1. The first-order chi connectivity index (χ1) is 8.13. The molecule has 1 aromatic rings. The molecule has 1 N–H and O–H groups in total. The number of halogens is 2. The molecule has 0 amide bonds. The molecule has 92 valence electrons. The van der Waals surface area contributed by atoms with E-state index in [9.17, 15) is 0 Å². The van der Waals surface area contributed by atoms with Crippen molar-refractivity contribution in [3.63, 3.8) is 0 Å². The van der Waals surface area contributed by atoms with E-state index in [2.05, 4.69) is 31.9 Å². The molecule has 0 saturated carbocycles. The minimum absolute atomic E-state index is 0.682. The van der Waals surface area contributed by atoms with Gasteiger partial charge in [-0.3, -0.25) is 5.41 Å². The lowest BCUT2D eigenvalue weighted by molar-refractivity contribution is 0.412. The van der Waals surface area contributed by atoms with Crippen LogP contribution in [0, 0.1) is 5.41 Å². The molecule has 0 radical (unpaired) electrons. The molecule has 0 spiro atoms. The Morgan fingerprint density at radius 2 is 2.00 bits per heavy atom. The summed E-state index contributed by atoms with van der Waals surface area (Å²) in [4.78, 5) is 2.04. The third-order valence-electron chi connectivity index (χ3n) is 2.88. The zero-order valence-electron chi connectivity index (χ0n) is 9.59. The number of anilines is 1. The van der Waals surface area contributed by atoms with Gasteiger partial charge in [0, 0.05) is 23.5 Å². The third-order valence-corrected chi connectivity index (χ3v) is 4.14. The predicted molar refractivity (Wildman–Crippen MR) is 77.3 cm³/mol. The van der Waals surface area contributed by atoms with E-state index in [0.29, 0.717) is 5.84 Å². The molecule has 2 rings (SSSR count). The fourth-order valence-corrected chi connectivity index (χ4v) is 3.35. The van der Waals surface area contributed by atoms with E-state index in [1.807, 2.05) is 17.0 Å². The lowest BCUT2D eigenvalue weighted by atomic mass is 10.1. The van der Waals surface area contributed by atoms with E-state index in [-0.39, 0.29) is 0 Å². The van der Waals surface area contributed by atoms with Crippen molar-refractivity contribution in [2.45, 2.75) is 19.3 Å². The van der Waals surface area contributed by atoms with Gasteiger partial charge in [-0.1, -0.05) is 0 Å². The number of nitrogens with zero attached hydrogens (tertiary/aromatic N) is 1. The fraction of sp³-hybridized carbons (Fsp3) is 0.417. The van der Waals surface area contributed by atoms with Crippen LogP contribution in [0.2, 0.25) is 0 Å². The summed E-state index contributed by atoms with van der Waals surface area (Å²) >= 11 is 7.00. The molecule has 0 unspecified atom stereocenters. The number of ether oxygens (including phenoxy) is 1. The summed E-state index contributed by atoms with van der Waals surface area (Å²) in [6.45, 7) is 0.905. The molecule has 0 aromatic heterocycles. The van der Waals surface area contributed by atoms with Crippen LogP contribution in [-0.4, -0.2) is 19.5 Å². The summed E-state index contributed by atoms with van der Waals surface area (Å²) in [6, 6.07) is 3.93. The summed E-state index contributed by atoms with van der Waals surface area (Å²) in [6.07, 6.45) is 3.10. The lowest BCUT2D eigenvalue weighted by Gasteiger charge is -2.30. The molecule has 3 nitrogen and oxygen atoms in total. The van der Waals surface area contributed by atoms with Gasteiger partial charge in [-0.05, 0) is 50.8 Å². The van der Waals surface area contributed by atoms with Gasteiger partial charge >= 0.3 is 0 Å². The first kappa shape index (κ1) is 12.9. The van der Waals surface area contributed by atoms with Crippen LogP contribution < -0.4 is 9.64 Å². The predicted octanol–water partition coefficient (Wildman–Crippen LogP) is 4.19. The number of piperidine rings is 1. The molecule has 1 aromatic carbocycles. The Hall–Kier alpha value is -0.550. The molecule has 1 aliphatic rings. The van der Waals surface area contributed by atoms with Gasteiger partial charge < -0.3 is 9.64 Å². The fourth-order valence-electron chi connectivity index (χ4n) is 1.98. The minimum Gasteiger partial charge on any atom is -0.495 e. The Labute approximate surface area is 118 Å². The molecule has 5 heteroatoms. The van der Waals surface area contributed by atoms with Crippen LogP contribution >= 0.6 is 31.9 Å². The van der Waals surface area contributed by atoms with Crippen molar-refractivity contribution in [3.8, 4) is 5.75 Å². The maximum atomic E-state index is 8.01. The number of hydrogen-bond donors (Lipinski definition) is 1. The Kier molecular flexibility index (Phi) is 4.09. The van der Waals surface area contributed by atoms with Gasteiger partial charge in [-0.15, -0.1) is 0 Å². The van der Waals surface area contributed by atoms with Crippen LogP contribution in [0.4, 0.5) is 5.69 Å². The molecule has 0 aliphatic carbocycles. The minimum atomic E-state index is 0.682. The number of hydrogen-bond acceptors (Lipinski definition) is 2. The topological polar surface area (TPSA) is 36.3 Å². The van der Waals surface area contributed by atoms with E-state index in [0.717, 1.165) is 46.2 Å². The Balaban J connectivity index is 2.40. The molecule has 0 bridgehead atoms. The number of methoxy groups -OCH3 is 1. The number of nitrogens with one attached hydrogen (secondary N) is 1. The van der Waals surface area contributed by atoms with Crippen molar-refractivity contribution in [1.82, 2.24) is 0 Å². The van der Waals surface area contributed by atoms with E-state index in [1.165, 1.54) is 0 Å². The monoisotopic (exact) mass is 360 g/mol. The molecule has 1 heterocycles. The zero-order valence-corrected chi connectivity index (χ0v) is 12.8. The van der Waals surface area contributed by atoms with Gasteiger partial charge in [0.15, 0.2) is 0 Å². The van der Waals surface area contributed by atoms with Crippen molar-refractivity contribution in [2.75, 3.05) is 18.6 Å². The quantitative estimate of drug-likeness (QED) is 0.857. The highest BCUT2D eigenvalue weighted by atomic mass is 79.9. The van der Waals surface area contributed by atoms with E-state index in [4.69, 9.17) is 10.1 Å². The zero-order chi connectivity index (χ0) is 12.4. The standard InChI is InChI=1S/C12H14Br2N2O/c1-17-11-7-10(8(13)6-9(11)14)16-5-3-2-4-12(16)15/h6-7,15H,2-5H2,1H3. The highest BCUT2D eigenvalue weighted by molar-refractivity contribution is 9.11. The van der Waals surface area contributed by atoms with E-state index in [1.54, 1.807) is 7.11 Å². The molecular formula is C12H14Br2N2O. The van der Waals surface area contributed by atoms with Crippen molar-refractivity contribution in [3.05, 3.63) is 21.1 Å². The van der Waals surface area contributed by atoms with Gasteiger partial charge in [-0.25, -0.2) is 0 Å². The third kappa shape index (κ3) is 2.65. The Morgan fingerprint density at radius 3 is 2.65 bits per heavy atom. The van der Waals surface area contributed by atoms with E-state index >= 15 is 0 Å². The number of rotatable bonds is 2. The van der Waals surface area contributed by atoms with Crippen molar-refractivity contribution in [1.29, 1.82) is 5.41 Å². The second-order valence-electron chi connectivity index (χ2n) is 3.99. The van der Waals surface area contributed by atoms with Gasteiger partial charge in [0.05, 0.1) is 17.3 Å². The first-order valence-corrected chi connectivity index (χ1v) is 7.10. The molecule has 1 saturated heterocycles. The van der Waals surface area contributed by atoms with Gasteiger partial charge in [0.1, 0.15) is 11.6 Å². The molecule has 17 heavy (non-hydrogen) atoms. The maximum absolute atomic E-state index is 8.01. The van der Waals surface area contributed by atoms with Crippen molar-refractivity contribution >= 4 is 43.4 Å². The van der Waals surface area contributed by atoms with Crippen LogP contribution in [0.15, 0.2) is 21.1 Å². The Bertz CT molecular complexity index is 448. The average molecular weight is 362 g/mol. The van der Waals surface area contributed by atoms with Gasteiger partial charge in [0.25, 0.3) is 0 Å². The second kappa shape index (κ2) is 5.40. The molecule has 1 fully saturated rings. The molecule has 0 atom stereocenters. The SMILES string of the molecule is COc1cc(N2CCCCC2=N)c(Br)cc1Br. The summed E-state index contributed by atoms with van der Waals surface area (Å²) in [7, 11) is 1.65. The van der Waals surface area contributed by atoms with Crippen LogP contribution in [0.5, 0.6) is 5.75 Å². The number of benzene rings is 1. The molecule has 1 aliphatic heterocycles. The van der Waals surface area contributed by atoms with Crippen molar-refractivity contribution < 1.29 is 4.74 Å². The highest BCUT2D eigenvalue weighted by Gasteiger charge is 2.20. The van der Waals surface area contributed by atoms with Crippen molar-refractivity contribution in [2.24, 2.45) is 0 Å². The smallest absolute Gasteiger partial charge is 0.135 e. The summed E-state index contributed by atoms with van der Waals surface area (Å²) < 4.78 is 7.20. The second-order valence-corrected chi connectivity index (χ2v) is 5.70. The van der Waals surface area contributed by atoms with Gasteiger partial charge in [0.2, 0.25) is 0 Å². The molecular weight excluding hydrogens is 348 g/mol. The summed E-state index contributed by atoms with van der Waals surface area (Å²) in [5.74, 6) is 1.47. The van der Waals surface area contributed by atoms with E-state index < -0.39 is 0 Å². The summed E-state index contributed by atoms with van der Waals surface area (Å²) in [5, 5.41) is 8.01. The normalized spacial score (nSPS) is 16.2. The lowest BCUT2D eigenvalue weighted by Crippen LogP contribution is -2.34. The maximum Gasteiger partial charge on any atom is 0.135 e. The highest BCUT2D eigenvalue weighted by Crippen LogP contribution is 2.37. The average Bonchev–Trinajstić information content (AvgIpc) is 2.31. The largest absolute Gasteiger partial charge is 0.495 e. The van der Waals surface area contributed by atoms with Crippen LogP contribution in [0.25, 0.3) is 0 Å². The van der Waals surface area contributed by atoms with Crippen LogP contribution in [0.1, 0.15) is 19.3 Å². The first-order valence-electron chi connectivity index (χ1n) is 5.51. The van der Waals surface area contributed by atoms with Crippen LogP contribution in [0.3, 0.4) is 0 Å². The van der Waals surface area contributed by atoms with Crippen LogP contribution in [-0.2, 0) is 0 Å². The Morgan fingerprint density at radius 1 is 1.24 bits per heavy atom.